The molecule has 1 amide bonds. The second-order valence-corrected chi connectivity index (χ2v) is 5.62. The van der Waals surface area contributed by atoms with Crippen LogP contribution in [0, 0.1) is 11.8 Å². The number of nitrogens with one attached hydrogen (secondary N) is 1. The van der Waals surface area contributed by atoms with Crippen LogP contribution in [0.5, 0.6) is 0 Å². The average molecular weight is 279 g/mol. The van der Waals surface area contributed by atoms with Crippen LogP contribution in [0.1, 0.15) is 29.5 Å². The van der Waals surface area contributed by atoms with E-state index >= 15 is 0 Å². The normalized spacial score (nSPS) is 21.8. The van der Waals surface area contributed by atoms with Gasteiger partial charge in [0.25, 0.3) is 0 Å². The van der Waals surface area contributed by atoms with E-state index in [0.29, 0.717) is 6.54 Å². The molecule has 1 aliphatic rings. The van der Waals surface area contributed by atoms with Crippen molar-refractivity contribution < 1.29 is 14.6 Å². The minimum atomic E-state index is -0.302. The molecule has 2 heterocycles. The lowest BCUT2D eigenvalue weighted by Gasteiger charge is -2.10. The second-order valence-electron chi connectivity index (χ2n) is 4.46. The van der Waals surface area contributed by atoms with Crippen LogP contribution in [0.15, 0.2) is 12.1 Å². The van der Waals surface area contributed by atoms with E-state index in [1.807, 2.05) is 19.1 Å². The molecule has 5 heteroatoms. The molecule has 4 nitrogen and oxygen atoms in total. The molecule has 1 fully saturated rings. The third-order valence-electron chi connectivity index (χ3n) is 2.91. The molecule has 102 valence electrons. The predicted octanol–water partition coefficient (Wildman–Crippen LogP) is 1.28. The van der Waals surface area contributed by atoms with E-state index in [1.54, 1.807) is 0 Å². The zero-order valence-electron chi connectivity index (χ0n) is 10.8. The minimum absolute atomic E-state index is 0.0410. The fourth-order valence-corrected chi connectivity index (χ4v) is 2.77. The number of hydrogen-bond donors (Lipinski definition) is 2. The summed E-state index contributed by atoms with van der Waals surface area (Å²) in [6.07, 6.45) is 1.62. The molecule has 0 bridgehead atoms. The maximum absolute atomic E-state index is 11.9. The molecular weight excluding hydrogens is 262 g/mol. The van der Waals surface area contributed by atoms with Gasteiger partial charge in [-0.1, -0.05) is 11.8 Å². The van der Waals surface area contributed by atoms with Crippen molar-refractivity contribution in [2.24, 2.45) is 0 Å². The van der Waals surface area contributed by atoms with E-state index in [4.69, 9.17) is 9.84 Å². The Hall–Kier alpha value is -1.35. The van der Waals surface area contributed by atoms with Gasteiger partial charge in [0.05, 0.1) is 17.5 Å². The summed E-state index contributed by atoms with van der Waals surface area (Å²) < 4.78 is 5.51. The van der Waals surface area contributed by atoms with Gasteiger partial charge in [0.15, 0.2) is 0 Å². The molecule has 1 aliphatic heterocycles. The molecule has 1 aromatic heterocycles. The van der Waals surface area contributed by atoms with E-state index in [1.165, 1.54) is 11.3 Å². The molecule has 0 spiro atoms. The Kier molecular flexibility index (Phi) is 4.97. The van der Waals surface area contributed by atoms with Crippen molar-refractivity contribution in [1.82, 2.24) is 5.32 Å². The topological polar surface area (TPSA) is 58.6 Å². The number of ether oxygens (including phenoxy) is 1. The van der Waals surface area contributed by atoms with Crippen LogP contribution >= 0.6 is 11.3 Å². The average Bonchev–Trinajstić information content (AvgIpc) is 3.02. The monoisotopic (exact) mass is 279 g/mol. The van der Waals surface area contributed by atoms with Crippen LogP contribution in [0.3, 0.4) is 0 Å². The van der Waals surface area contributed by atoms with Gasteiger partial charge in [-0.25, -0.2) is 0 Å². The molecule has 0 aromatic carbocycles. The highest BCUT2D eigenvalue weighted by molar-refractivity contribution is 7.12. The number of thiophene rings is 1. The van der Waals surface area contributed by atoms with Gasteiger partial charge in [0, 0.05) is 4.88 Å². The highest BCUT2D eigenvalue weighted by Gasteiger charge is 2.27. The Bertz CT molecular complexity index is 500. The summed E-state index contributed by atoms with van der Waals surface area (Å²) in [5, 5.41) is 11.5. The summed E-state index contributed by atoms with van der Waals surface area (Å²) in [7, 11) is 0. The second kappa shape index (κ2) is 6.71. The number of rotatable bonds is 3. The van der Waals surface area contributed by atoms with E-state index in [2.05, 4.69) is 17.2 Å². The first-order chi connectivity index (χ1) is 9.19. The molecule has 2 rings (SSSR count). The van der Waals surface area contributed by atoms with E-state index in [-0.39, 0.29) is 24.7 Å². The first kappa shape index (κ1) is 14.1. The quantitative estimate of drug-likeness (QED) is 0.819. The van der Waals surface area contributed by atoms with Gasteiger partial charge < -0.3 is 15.2 Å². The van der Waals surface area contributed by atoms with Crippen molar-refractivity contribution in [3.05, 3.63) is 21.9 Å². The Labute approximate surface area is 116 Å². The van der Waals surface area contributed by atoms with E-state index < -0.39 is 0 Å². The first-order valence-electron chi connectivity index (χ1n) is 6.30. The van der Waals surface area contributed by atoms with E-state index in [9.17, 15) is 4.79 Å². The van der Waals surface area contributed by atoms with Gasteiger partial charge in [-0.3, -0.25) is 4.79 Å². The van der Waals surface area contributed by atoms with Crippen LogP contribution in [-0.2, 0) is 16.1 Å². The van der Waals surface area contributed by atoms with Crippen LogP contribution in [0.2, 0.25) is 0 Å². The highest BCUT2D eigenvalue weighted by Crippen LogP contribution is 2.19. The minimum Gasteiger partial charge on any atom is -0.384 e. The zero-order chi connectivity index (χ0) is 13.7. The molecule has 2 N–H and O–H groups in total. The Morgan fingerprint density at radius 1 is 1.58 bits per heavy atom. The molecule has 2 atom stereocenters. The van der Waals surface area contributed by atoms with Crippen molar-refractivity contribution in [2.75, 3.05) is 6.61 Å². The van der Waals surface area contributed by atoms with Crippen molar-refractivity contribution in [3.63, 3.8) is 0 Å². The Balaban J connectivity index is 1.82. The third-order valence-corrected chi connectivity index (χ3v) is 3.91. The van der Waals surface area contributed by atoms with Crippen molar-refractivity contribution in [2.45, 2.75) is 38.5 Å². The molecular formula is C14H17NO3S. The Morgan fingerprint density at radius 3 is 3.11 bits per heavy atom. The summed E-state index contributed by atoms with van der Waals surface area (Å²) >= 11 is 1.52. The van der Waals surface area contributed by atoms with Crippen LogP contribution < -0.4 is 5.32 Å². The number of carbonyl (C=O) groups excluding carboxylic acids is 1. The van der Waals surface area contributed by atoms with Gasteiger partial charge in [-0.2, -0.15) is 0 Å². The third kappa shape index (κ3) is 4.06. The number of aliphatic hydroxyl groups excluding tert-OH is 1. The van der Waals surface area contributed by atoms with Gasteiger partial charge in [-0.15, -0.1) is 11.3 Å². The SMILES string of the molecule is CC1CCC(C(=O)NCc2ccc(C#CCO)s2)O1. The number of carbonyl (C=O) groups is 1. The van der Waals surface area contributed by atoms with E-state index in [0.717, 1.165) is 22.6 Å². The van der Waals surface area contributed by atoms with Gasteiger partial charge >= 0.3 is 0 Å². The lowest BCUT2D eigenvalue weighted by Crippen LogP contribution is -2.33. The van der Waals surface area contributed by atoms with Crippen LogP contribution in [-0.4, -0.2) is 29.8 Å². The molecule has 0 aliphatic carbocycles. The van der Waals surface area contributed by atoms with Gasteiger partial charge in [0.1, 0.15) is 12.7 Å². The molecule has 1 saturated heterocycles. The van der Waals surface area contributed by atoms with Gasteiger partial charge in [-0.05, 0) is 31.9 Å². The molecule has 19 heavy (non-hydrogen) atoms. The maximum Gasteiger partial charge on any atom is 0.249 e. The van der Waals surface area contributed by atoms with Crippen molar-refractivity contribution in [3.8, 4) is 11.8 Å². The van der Waals surface area contributed by atoms with Crippen LogP contribution in [0.25, 0.3) is 0 Å². The number of hydrogen-bond acceptors (Lipinski definition) is 4. The predicted molar refractivity (Wildman–Crippen MR) is 73.7 cm³/mol. The smallest absolute Gasteiger partial charge is 0.249 e. The summed E-state index contributed by atoms with van der Waals surface area (Å²) in [6.45, 7) is 2.35. The largest absolute Gasteiger partial charge is 0.384 e. The number of aliphatic hydroxyl groups is 1. The summed E-state index contributed by atoms with van der Waals surface area (Å²) in [5.41, 5.74) is 0. The lowest BCUT2D eigenvalue weighted by molar-refractivity contribution is -0.131. The highest BCUT2D eigenvalue weighted by atomic mass is 32.1. The first-order valence-corrected chi connectivity index (χ1v) is 7.12. The molecule has 0 radical (unpaired) electrons. The van der Waals surface area contributed by atoms with Crippen LogP contribution in [0.4, 0.5) is 0 Å². The maximum atomic E-state index is 11.9. The summed E-state index contributed by atoms with van der Waals surface area (Å²) in [4.78, 5) is 13.8. The Morgan fingerprint density at radius 2 is 2.42 bits per heavy atom. The molecule has 1 aromatic rings. The van der Waals surface area contributed by atoms with Crippen molar-refractivity contribution in [1.29, 1.82) is 0 Å². The molecule has 2 unspecified atom stereocenters. The fourth-order valence-electron chi connectivity index (χ4n) is 1.95. The standard InChI is InChI=1S/C14H17NO3S/c1-10-4-7-13(18-10)14(17)15-9-12-6-5-11(19-12)3-2-8-16/h5-6,10,13,16H,4,7-9H2,1H3,(H,15,17). The summed E-state index contributed by atoms with van der Waals surface area (Å²) in [5.74, 6) is 5.40. The van der Waals surface area contributed by atoms with Gasteiger partial charge in [0.2, 0.25) is 5.91 Å². The number of amides is 1. The zero-order valence-corrected chi connectivity index (χ0v) is 11.6. The fraction of sp³-hybridized carbons (Fsp3) is 0.500. The molecule has 0 saturated carbocycles. The summed E-state index contributed by atoms with van der Waals surface area (Å²) in [6, 6.07) is 3.83. The lowest BCUT2D eigenvalue weighted by atomic mass is 10.2. The van der Waals surface area contributed by atoms with Crippen molar-refractivity contribution >= 4 is 17.2 Å².